The van der Waals surface area contributed by atoms with Gasteiger partial charge in [-0.3, -0.25) is 10.1 Å². The summed E-state index contributed by atoms with van der Waals surface area (Å²) in [5, 5.41) is 23.8. The second kappa shape index (κ2) is 6.44. The fourth-order valence-electron chi connectivity index (χ4n) is 2.34. The van der Waals surface area contributed by atoms with Crippen molar-refractivity contribution < 1.29 is 23.8 Å². The number of aromatic carboxylic acids is 1. The zero-order valence-electron chi connectivity index (χ0n) is 13.0. The average molecular weight is 340 g/mol. The van der Waals surface area contributed by atoms with Gasteiger partial charge in [-0.05, 0) is 37.3 Å². The maximum absolute atomic E-state index is 11.3. The van der Waals surface area contributed by atoms with Crippen LogP contribution in [0.1, 0.15) is 27.6 Å². The molecule has 0 unspecified atom stereocenters. The van der Waals surface area contributed by atoms with E-state index in [1.165, 1.54) is 25.1 Å². The molecule has 2 aromatic heterocycles. The summed E-state index contributed by atoms with van der Waals surface area (Å²) in [5.74, 6) is -0.289. The Morgan fingerprint density at radius 3 is 2.72 bits per heavy atom. The van der Waals surface area contributed by atoms with Gasteiger partial charge in [0.05, 0.1) is 10.5 Å². The number of hydrogen-bond acceptors (Lipinski definition) is 6. The Kier molecular flexibility index (Phi) is 4.17. The Bertz CT molecular complexity index is 983. The van der Waals surface area contributed by atoms with Crippen LogP contribution in [-0.4, -0.2) is 21.2 Å². The molecule has 3 aromatic rings. The van der Waals surface area contributed by atoms with Crippen molar-refractivity contribution in [3.8, 4) is 11.3 Å². The third kappa shape index (κ3) is 3.18. The van der Waals surface area contributed by atoms with Crippen molar-refractivity contribution >= 4 is 23.8 Å². The standard InChI is InChI=1S/C17H12N2O6/c1-10-16(19(22)23)15(25-18-10)9-7-11-6-8-14(24-11)12-4-2-3-5-13(12)17(20)21/h2-9H,1H3,(H,20,21)/b9-7+. The molecule has 1 aromatic carbocycles. The Morgan fingerprint density at radius 1 is 1.24 bits per heavy atom. The first-order valence-corrected chi connectivity index (χ1v) is 7.18. The third-order valence-electron chi connectivity index (χ3n) is 3.49. The maximum Gasteiger partial charge on any atom is 0.338 e. The van der Waals surface area contributed by atoms with Crippen LogP contribution < -0.4 is 0 Å². The normalized spacial score (nSPS) is 11.1. The molecule has 0 saturated heterocycles. The van der Waals surface area contributed by atoms with Crippen molar-refractivity contribution in [3.05, 3.63) is 69.3 Å². The number of carboxylic acids is 1. The highest BCUT2D eigenvalue weighted by Crippen LogP contribution is 2.28. The first kappa shape index (κ1) is 16.2. The highest BCUT2D eigenvalue weighted by atomic mass is 16.6. The van der Waals surface area contributed by atoms with Crippen LogP contribution in [0.3, 0.4) is 0 Å². The maximum atomic E-state index is 11.3. The van der Waals surface area contributed by atoms with E-state index in [-0.39, 0.29) is 22.7 Å². The highest BCUT2D eigenvalue weighted by Gasteiger charge is 2.22. The number of rotatable bonds is 5. The van der Waals surface area contributed by atoms with Gasteiger partial charge in [0.2, 0.25) is 5.76 Å². The molecule has 8 heteroatoms. The molecule has 0 spiro atoms. The number of aryl methyl sites for hydroxylation is 1. The van der Waals surface area contributed by atoms with E-state index in [9.17, 15) is 20.0 Å². The molecule has 0 saturated carbocycles. The second-order valence-electron chi connectivity index (χ2n) is 5.12. The van der Waals surface area contributed by atoms with Crippen molar-refractivity contribution in [3.63, 3.8) is 0 Å². The molecule has 2 heterocycles. The molecular weight excluding hydrogens is 328 g/mol. The van der Waals surface area contributed by atoms with Crippen LogP contribution in [-0.2, 0) is 0 Å². The van der Waals surface area contributed by atoms with Crippen LogP contribution in [0.4, 0.5) is 5.69 Å². The minimum atomic E-state index is -1.06. The predicted octanol–water partition coefficient (Wildman–Crippen LogP) is 4.02. The predicted molar refractivity (Wildman–Crippen MR) is 87.9 cm³/mol. The number of aromatic nitrogens is 1. The van der Waals surface area contributed by atoms with Gasteiger partial charge in [-0.1, -0.05) is 23.4 Å². The van der Waals surface area contributed by atoms with Gasteiger partial charge in [-0.25, -0.2) is 4.79 Å². The van der Waals surface area contributed by atoms with Crippen LogP contribution in [0.5, 0.6) is 0 Å². The van der Waals surface area contributed by atoms with Crippen LogP contribution >= 0.6 is 0 Å². The Hall–Kier alpha value is -3.68. The van der Waals surface area contributed by atoms with Crippen LogP contribution in [0.25, 0.3) is 23.5 Å². The summed E-state index contributed by atoms with van der Waals surface area (Å²) >= 11 is 0. The summed E-state index contributed by atoms with van der Waals surface area (Å²) in [7, 11) is 0. The fraction of sp³-hybridized carbons (Fsp3) is 0.0588. The lowest BCUT2D eigenvalue weighted by atomic mass is 10.1. The summed E-state index contributed by atoms with van der Waals surface area (Å²) < 4.78 is 10.5. The molecular formula is C17H12N2O6. The molecule has 0 atom stereocenters. The van der Waals surface area contributed by atoms with Crippen LogP contribution in [0.15, 0.2) is 45.3 Å². The molecule has 126 valence electrons. The fourth-order valence-corrected chi connectivity index (χ4v) is 2.34. The molecule has 0 amide bonds. The van der Waals surface area contributed by atoms with Gasteiger partial charge >= 0.3 is 11.7 Å². The minimum Gasteiger partial charge on any atom is -0.478 e. The van der Waals surface area contributed by atoms with Crippen molar-refractivity contribution in [1.29, 1.82) is 0 Å². The van der Waals surface area contributed by atoms with Crippen molar-refractivity contribution in [1.82, 2.24) is 5.16 Å². The number of hydrogen-bond donors (Lipinski definition) is 1. The van der Waals surface area contributed by atoms with Crippen molar-refractivity contribution in [2.24, 2.45) is 0 Å². The van der Waals surface area contributed by atoms with Gasteiger partial charge in [0.25, 0.3) is 0 Å². The SMILES string of the molecule is Cc1noc(/C=C/c2ccc(-c3ccccc3C(=O)O)o2)c1[N+](=O)[O-]. The van der Waals surface area contributed by atoms with Gasteiger partial charge in [-0.15, -0.1) is 0 Å². The Balaban J connectivity index is 1.91. The monoisotopic (exact) mass is 340 g/mol. The third-order valence-corrected chi connectivity index (χ3v) is 3.49. The molecule has 0 aliphatic carbocycles. The van der Waals surface area contributed by atoms with Crippen LogP contribution in [0, 0.1) is 17.0 Å². The molecule has 0 aliphatic rings. The van der Waals surface area contributed by atoms with Crippen molar-refractivity contribution in [2.45, 2.75) is 6.92 Å². The topological polar surface area (TPSA) is 120 Å². The number of benzene rings is 1. The zero-order valence-corrected chi connectivity index (χ0v) is 13.0. The van der Waals surface area contributed by atoms with E-state index in [0.29, 0.717) is 17.1 Å². The van der Waals surface area contributed by atoms with Gasteiger partial charge in [-0.2, -0.15) is 0 Å². The van der Waals surface area contributed by atoms with E-state index in [1.807, 2.05) is 0 Å². The van der Waals surface area contributed by atoms with E-state index >= 15 is 0 Å². The highest BCUT2D eigenvalue weighted by molar-refractivity contribution is 5.95. The molecule has 25 heavy (non-hydrogen) atoms. The largest absolute Gasteiger partial charge is 0.478 e. The zero-order chi connectivity index (χ0) is 18.0. The summed E-state index contributed by atoms with van der Waals surface area (Å²) in [6.45, 7) is 1.48. The van der Waals surface area contributed by atoms with E-state index in [4.69, 9.17) is 8.94 Å². The summed E-state index contributed by atoms with van der Waals surface area (Å²) in [4.78, 5) is 21.7. The lowest BCUT2D eigenvalue weighted by molar-refractivity contribution is -0.386. The molecule has 8 nitrogen and oxygen atoms in total. The van der Waals surface area contributed by atoms with Crippen molar-refractivity contribution in [2.75, 3.05) is 0 Å². The minimum absolute atomic E-state index is 0.00591. The second-order valence-corrected chi connectivity index (χ2v) is 5.12. The first-order valence-electron chi connectivity index (χ1n) is 7.18. The lowest BCUT2D eigenvalue weighted by Gasteiger charge is -2.01. The molecule has 0 aliphatic heterocycles. The van der Waals surface area contributed by atoms with E-state index in [0.717, 1.165) is 0 Å². The summed E-state index contributed by atoms with van der Waals surface area (Å²) in [5.41, 5.74) is 0.532. The Labute approximate surface area is 141 Å². The first-order chi connectivity index (χ1) is 12.0. The number of furan rings is 1. The summed E-state index contributed by atoms with van der Waals surface area (Å²) in [6.07, 6.45) is 2.86. The number of carboxylic acid groups (broad SMARTS) is 1. The van der Waals surface area contributed by atoms with Gasteiger partial charge < -0.3 is 14.0 Å². The van der Waals surface area contributed by atoms with Crippen LogP contribution in [0.2, 0.25) is 0 Å². The van der Waals surface area contributed by atoms with Gasteiger partial charge in [0.15, 0.2) is 5.69 Å². The molecule has 0 bridgehead atoms. The summed E-state index contributed by atoms with van der Waals surface area (Å²) in [6, 6.07) is 9.71. The smallest absolute Gasteiger partial charge is 0.338 e. The van der Waals surface area contributed by atoms with E-state index < -0.39 is 10.9 Å². The molecule has 1 N–H and O–H groups in total. The number of nitro groups is 1. The average Bonchev–Trinajstić information content (AvgIpc) is 3.19. The molecule has 0 fully saturated rings. The van der Waals surface area contributed by atoms with Gasteiger partial charge in [0.1, 0.15) is 11.5 Å². The molecule has 3 rings (SSSR count). The lowest BCUT2D eigenvalue weighted by Crippen LogP contribution is -1.98. The molecule has 0 radical (unpaired) electrons. The van der Waals surface area contributed by atoms with E-state index in [2.05, 4.69) is 5.16 Å². The number of nitrogens with zero attached hydrogens (tertiary/aromatic N) is 2. The number of carbonyl (C=O) groups is 1. The quantitative estimate of drug-likeness (QED) is 0.550. The Morgan fingerprint density at radius 2 is 2.00 bits per heavy atom. The van der Waals surface area contributed by atoms with E-state index in [1.54, 1.807) is 30.3 Å². The van der Waals surface area contributed by atoms with Gasteiger partial charge in [0, 0.05) is 5.56 Å².